The van der Waals surface area contributed by atoms with Gasteiger partial charge in [0.1, 0.15) is 17.1 Å². The van der Waals surface area contributed by atoms with Crippen LogP contribution in [0.15, 0.2) is 42.5 Å². The van der Waals surface area contributed by atoms with Gasteiger partial charge < -0.3 is 4.74 Å². The molecule has 0 aliphatic rings. The van der Waals surface area contributed by atoms with Crippen molar-refractivity contribution in [3.05, 3.63) is 53.9 Å². The fourth-order valence-corrected chi connectivity index (χ4v) is 2.76. The van der Waals surface area contributed by atoms with Crippen molar-refractivity contribution >= 4 is 22.6 Å². The number of benzene rings is 2. The van der Waals surface area contributed by atoms with Crippen LogP contribution in [-0.4, -0.2) is 22.5 Å². The lowest BCUT2D eigenvalue weighted by molar-refractivity contribution is 0.419. The highest BCUT2D eigenvalue weighted by Crippen LogP contribution is 2.29. The van der Waals surface area contributed by atoms with E-state index in [0.717, 1.165) is 28.3 Å². The third-order valence-electron chi connectivity index (χ3n) is 3.52. The van der Waals surface area contributed by atoms with Crippen molar-refractivity contribution in [2.45, 2.75) is 13.3 Å². The minimum atomic E-state index is 0.539. The second kappa shape index (κ2) is 5.78. The van der Waals surface area contributed by atoms with Gasteiger partial charge in [-0.05, 0) is 36.8 Å². The summed E-state index contributed by atoms with van der Waals surface area (Å²) >= 11 is 5.94. The van der Waals surface area contributed by atoms with Crippen molar-refractivity contribution in [2.24, 2.45) is 0 Å². The molecule has 0 bridgehead atoms. The Morgan fingerprint density at radius 3 is 2.71 bits per heavy atom. The van der Waals surface area contributed by atoms with Gasteiger partial charge in [0, 0.05) is 18.0 Å². The fraction of sp³-hybridized carbons (Fsp3) is 0.235. The Balaban J connectivity index is 2.31. The molecular formula is C17H17ClN2O. The number of hydrogen-bond acceptors (Lipinski definition) is 2. The molecule has 0 fully saturated rings. The molecule has 1 heterocycles. The molecule has 108 valence electrons. The van der Waals surface area contributed by atoms with Gasteiger partial charge in [0.05, 0.1) is 12.6 Å². The van der Waals surface area contributed by atoms with Crippen molar-refractivity contribution in [3.63, 3.8) is 0 Å². The molecule has 0 spiro atoms. The predicted molar refractivity (Wildman–Crippen MR) is 86.8 cm³/mol. The molecule has 3 nitrogen and oxygen atoms in total. The fourth-order valence-electron chi connectivity index (χ4n) is 2.59. The van der Waals surface area contributed by atoms with Gasteiger partial charge in [0.15, 0.2) is 0 Å². The van der Waals surface area contributed by atoms with Gasteiger partial charge in [-0.1, -0.05) is 18.2 Å². The van der Waals surface area contributed by atoms with Crippen molar-refractivity contribution < 1.29 is 4.74 Å². The number of ether oxygens (including phenoxy) is 1. The Morgan fingerprint density at radius 2 is 2.00 bits per heavy atom. The van der Waals surface area contributed by atoms with Crippen molar-refractivity contribution in [1.82, 2.24) is 9.55 Å². The Bertz CT molecular complexity index is 780. The van der Waals surface area contributed by atoms with Crippen LogP contribution in [0.3, 0.4) is 0 Å². The molecule has 0 aliphatic carbocycles. The van der Waals surface area contributed by atoms with E-state index in [2.05, 4.69) is 41.8 Å². The van der Waals surface area contributed by atoms with Gasteiger partial charge in [-0.2, -0.15) is 0 Å². The predicted octanol–water partition coefficient (Wildman–Crippen LogP) is 4.12. The van der Waals surface area contributed by atoms with Gasteiger partial charge in [-0.25, -0.2) is 4.98 Å². The van der Waals surface area contributed by atoms with Crippen molar-refractivity contribution in [3.8, 4) is 11.4 Å². The molecule has 3 aromatic rings. The summed E-state index contributed by atoms with van der Waals surface area (Å²) in [5.74, 6) is 2.28. The van der Waals surface area contributed by atoms with Gasteiger partial charge in [-0.15, -0.1) is 11.6 Å². The zero-order valence-electron chi connectivity index (χ0n) is 12.1. The number of aromatic nitrogens is 2. The number of rotatable bonds is 4. The largest absolute Gasteiger partial charge is 0.494 e. The second-order valence-electron chi connectivity index (χ2n) is 4.97. The van der Waals surface area contributed by atoms with Crippen LogP contribution in [0.2, 0.25) is 0 Å². The Kier molecular flexibility index (Phi) is 3.84. The lowest BCUT2D eigenvalue weighted by atomic mass is 10.2. The van der Waals surface area contributed by atoms with Crippen LogP contribution in [0, 0.1) is 6.92 Å². The van der Waals surface area contributed by atoms with E-state index >= 15 is 0 Å². The molecule has 2 aromatic carbocycles. The topological polar surface area (TPSA) is 27.1 Å². The summed E-state index contributed by atoms with van der Waals surface area (Å²) in [7, 11) is 1.67. The second-order valence-corrected chi connectivity index (χ2v) is 5.35. The first-order chi connectivity index (χ1) is 10.2. The first kappa shape index (κ1) is 14.0. The normalized spacial score (nSPS) is 11.0. The van der Waals surface area contributed by atoms with E-state index in [1.807, 2.05) is 12.1 Å². The number of hydrogen-bond donors (Lipinski definition) is 0. The molecule has 0 N–H and O–H groups in total. The number of para-hydroxylation sites is 1. The van der Waals surface area contributed by atoms with Crippen LogP contribution < -0.4 is 4.74 Å². The zero-order valence-corrected chi connectivity index (χ0v) is 12.9. The van der Waals surface area contributed by atoms with E-state index in [0.29, 0.717) is 12.3 Å². The average molecular weight is 301 g/mol. The summed E-state index contributed by atoms with van der Waals surface area (Å²) < 4.78 is 7.58. The number of fused-ring (bicyclic) bond motifs is 1. The maximum Gasteiger partial charge on any atom is 0.146 e. The molecule has 0 amide bonds. The van der Waals surface area contributed by atoms with E-state index in [9.17, 15) is 0 Å². The minimum Gasteiger partial charge on any atom is -0.494 e. The number of halogens is 1. The van der Waals surface area contributed by atoms with Crippen LogP contribution in [0.5, 0.6) is 5.75 Å². The third-order valence-corrected chi connectivity index (χ3v) is 3.70. The molecule has 0 saturated heterocycles. The average Bonchev–Trinajstić information content (AvgIpc) is 2.85. The molecular weight excluding hydrogens is 284 g/mol. The van der Waals surface area contributed by atoms with E-state index in [-0.39, 0.29) is 0 Å². The summed E-state index contributed by atoms with van der Waals surface area (Å²) in [5, 5.41) is 0. The highest BCUT2D eigenvalue weighted by atomic mass is 35.5. The summed E-state index contributed by atoms with van der Waals surface area (Å²) in [6, 6.07) is 14.4. The smallest absolute Gasteiger partial charge is 0.146 e. The van der Waals surface area contributed by atoms with E-state index in [1.165, 1.54) is 5.56 Å². The van der Waals surface area contributed by atoms with E-state index < -0.39 is 0 Å². The molecule has 0 saturated carbocycles. The van der Waals surface area contributed by atoms with Gasteiger partial charge in [0.25, 0.3) is 0 Å². The number of nitrogens with zero attached hydrogens (tertiary/aromatic N) is 2. The van der Waals surface area contributed by atoms with Crippen LogP contribution in [-0.2, 0) is 6.42 Å². The summed E-state index contributed by atoms with van der Waals surface area (Å²) in [5.41, 5.74) is 4.24. The van der Waals surface area contributed by atoms with Crippen LogP contribution in [0.4, 0.5) is 0 Å². The standard InChI is InChI=1S/C17H17ClN2O/c1-12-5-3-6-13(11-12)20-14-7-4-8-15(21-2)17(14)19-16(20)9-10-18/h3-8,11H,9-10H2,1-2H3. The first-order valence-electron chi connectivity index (χ1n) is 6.92. The first-order valence-corrected chi connectivity index (χ1v) is 7.45. The lowest BCUT2D eigenvalue weighted by Gasteiger charge is -2.09. The summed E-state index contributed by atoms with van der Waals surface area (Å²) in [6.07, 6.45) is 0.716. The van der Waals surface area contributed by atoms with Crippen LogP contribution >= 0.6 is 11.6 Å². The molecule has 1 aromatic heterocycles. The molecule has 21 heavy (non-hydrogen) atoms. The SMILES string of the molecule is COc1cccc2c1nc(CCCl)n2-c1cccc(C)c1. The van der Waals surface area contributed by atoms with Gasteiger partial charge in [0.2, 0.25) is 0 Å². The number of methoxy groups -OCH3 is 1. The quantitative estimate of drug-likeness (QED) is 0.678. The van der Waals surface area contributed by atoms with Crippen LogP contribution in [0.1, 0.15) is 11.4 Å². The molecule has 4 heteroatoms. The van der Waals surface area contributed by atoms with Gasteiger partial charge in [-0.3, -0.25) is 4.57 Å². The monoisotopic (exact) mass is 300 g/mol. The third kappa shape index (κ3) is 2.49. The molecule has 3 rings (SSSR count). The number of alkyl halides is 1. The zero-order chi connectivity index (χ0) is 14.8. The summed E-state index contributed by atoms with van der Waals surface area (Å²) in [4.78, 5) is 4.73. The highest BCUT2D eigenvalue weighted by molar-refractivity contribution is 6.18. The Morgan fingerprint density at radius 1 is 1.19 bits per heavy atom. The molecule has 0 atom stereocenters. The van der Waals surface area contributed by atoms with E-state index in [1.54, 1.807) is 7.11 Å². The van der Waals surface area contributed by atoms with E-state index in [4.69, 9.17) is 21.3 Å². The van der Waals surface area contributed by atoms with Crippen molar-refractivity contribution in [2.75, 3.05) is 13.0 Å². The Hall–Kier alpha value is -2.00. The minimum absolute atomic E-state index is 0.539. The van der Waals surface area contributed by atoms with Crippen LogP contribution in [0.25, 0.3) is 16.7 Å². The lowest BCUT2D eigenvalue weighted by Crippen LogP contribution is -2.02. The Labute approximate surface area is 129 Å². The van der Waals surface area contributed by atoms with Crippen molar-refractivity contribution in [1.29, 1.82) is 0 Å². The maximum atomic E-state index is 5.94. The summed E-state index contributed by atoms with van der Waals surface area (Å²) in [6.45, 7) is 2.09. The highest BCUT2D eigenvalue weighted by Gasteiger charge is 2.15. The molecule has 0 aliphatic heterocycles. The molecule has 0 unspecified atom stereocenters. The number of imidazole rings is 1. The molecule has 0 radical (unpaired) electrons. The number of aryl methyl sites for hydroxylation is 2. The van der Waals surface area contributed by atoms with Gasteiger partial charge >= 0.3 is 0 Å². The maximum absolute atomic E-state index is 5.94.